The quantitative estimate of drug-likeness (QED) is 0.783. The fourth-order valence-corrected chi connectivity index (χ4v) is 2.82. The molecule has 1 N–H and O–H groups in total. The molecular weight excluding hydrogens is 276 g/mol. The predicted molar refractivity (Wildman–Crippen MR) is 77.2 cm³/mol. The third-order valence-electron chi connectivity index (χ3n) is 2.78. The first-order valence-corrected chi connectivity index (χ1v) is 8.19. The molecule has 0 heterocycles. The van der Waals surface area contributed by atoms with Gasteiger partial charge in [0.15, 0.2) is 9.84 Å². The van der Waals surface area contributed by atoms with E-state index in [9.17, 15) is 8.42 Å². The normalized spacial score (nSPS) is 12.8. The summed E-state index contributed by atoms with van der Waals surface area (Å²) in [6, 6.07) is 8.04. The van der Waals surface area contributed by atoms with Crippen LogP contribution in [0, 0.1) is 11.3 Å². The number of hydrogen-bond donors (Lipinski definition) is 1. The summed E-state index contributed by atoms with van der Waals surface area (Å²) in [5.74, 6) is 0.0232. The largest absolute Gasteiger partial charge is 0.380 e. The van der Waals surface area contributed by atoms with Gasteiger partial charge in [0.2, 0.25) is 0 Å². The summed E-state index contributed by atoms with van der Waals surface area (Å²) in [7, 11) is -3.31. The first-order valence-electron chi connectivity index (χ1n) is 6.53. The molecule has 1 atom stereocenters. The number of benzene rings is 1. The highest BCUT2D eigenvalue weighted by atomic mass is 32.2. The number of nitrogens with zero attached hydrogens (tertiary/aromatic N) is 1. The van der Waals surface area contributed by atoms with Gasteiger partial charge >= 0.3 is 0 Å². The van der Waals surface area contributed by atoms with Crippen molar-refractivity contribution >= 4 is 9.84 Å². The zero-order valence-electron chi connectivity index (χ0n) is 11.8. The molecule has 5 nitrogen and oxygen atoms in total. The molecule has 0 saturated heterocycles. The van der Waals surface area contributed by atoms with Crippen molar-refractivity contribution < 1.29 is 13.2 Å². The molecule has 6 heteroatoms. The van der Waals surface area contributed by atoms with Crippen LogP contribution in [0.15, 0.2) is 29.2 Å². The van der Waals surface area contributed by atoms with Crippen molar-refractivity contribution in [3.05, 3.63) is 29.8 Å². The summed E-state index contributed by atoms with van der Waals surface area (Å²) in [6.45, 7) is 5.45. The molecular formula is C14H20N2O3S. The first kappa shape index (κ1) is 16.6. The van der Waals surface area contributed by atoms with Gasteiger partial charge in [-0.2, -0.15) is 5.26 Å². The molecule has 0 fully saturated rings. The minimum absolute atomic E-state index is 0.0232. The monoisotopic (exact) mass is 296 g/mol. The van der Waals surface area contributed by atoms with Gasteiger partial charge in [0.1, 0.15) is 0 Å². The molecule has 1 unspecified atom stereocenters. The Bertz CT molecular complexity index is 547. The van der Waals surface area contributed by atoms with Crippen molar-refractivity contribution in [3.63, 3.8) is 0 Å². The van der Waals surface area contributed by atoms with Gasteiger partial charge < -0.3 is 10.1 Å². The van der Waals surface area contributed by atoms with Crippen LogP contribution in [0.5, 0.6) is 0 Å². The van der Waals surface area contributed by atoms with Crippen LogP contribution < -0.4 is 5.32 Å². The van der Waals surface area contributed by atoms with Crippen LogP contribution in [0.1, 0.15) is 19.4 Å². The lowest BCUT2D eigenvalue weighted by Crippen LogP contribution is -2.34. The molecule has 0 aromatic heterocycles. The van der Waals surface area contributed by atoms with Crippen molar-refractivity contribution in [2.45, 2.75) is 24.8 Å². The summed E-state index contributed by atoms with van der Waals surface area (Å²) in [5.41, 5.74) is 0.451. The standard InChI is InChI=1S/C14H20N2O3S/c1-3-19-11-12(2)16-8-9-20(17,18)14-6-4-13(10-15)5-7-14/h4-7,12,16H,3,8-9,11H2,1-2H3. The molecule has 0 spiro atoms. The molecule has 0 amide bonds. The maximum Gasteiger partial charge on any atom is 0.179 e. The summed E-state index contributed by atoms with van der Waals surface area (Å²) in [4.78, 5) is 0.246. The van der Waals surface area contributed by atoms with Gasteiger partial charge in [0.05, 0.1) is 28.9 Å². The maximum atomic E-state index is 12.1. The Labute approximate surface area is 120 Å². The van der Waals surface area contributed by atoms with Crippen molar-refractivity contribution in [2.24, 2.45) is 0 Å². The smallest absolute Gasteiger partial charge is 0.179 e. The van der Waals surface area contributed by atoms with E-state index in [2.05, 4.69) is 5.32 Å². The van der Waals surface area contributed by atoms with Gasteiger partial charge in [-0.1, -0.05) is 0 Å². The van der Waals surface area contributed by atoms with Gasteiger partial charge in [0.25, 0.3) is 0 Å². The Morgan fingerprint density at radius 2 is 2.00 bits per heavy atom. The van der Waals surface area contributed by atoms with Gasteiger partial charge in [-0.15, -0.1) is 0 Å². The second-order valence-electron chi connectivity index (χ2n) is 4.47. The van der Waals surface area contributed by atoms with Crippen molar-refractivity contribution in [3.8, 4) is 6.07 Å². The van der Waals surface area contributed by atoms with Crippen LogP contribution in [-0.2, 0) is 14.6 Å². The predicted octanol–water partition coefficient (Wildman–Crippen LogP) is 1.35. The molecule has 0 bridgehead atoms. The topological polar surface area (TPSA) is 79.2 Å². The third kappa shape index (κ3) is 5.29. The third-order valence-corrected chi connectivity index (χ3v) is 4.51. The summed E-state index contributed by atoms with van der Waals surface area (Å²) >= 11 is 0. The lowest BCUT2D eigenvalue weighted by atomic mass is 10.2. The van der Waals surface area contributed by atoms with Gasteiger partial charge in [-0.05, 0) is 38.1 Å². The van der Waals surface area contributed by atoms with E-state index in [1.54, 1.807) is 0 Å². The molecule has 1 rings (SSSR count). The average Bonchev–Trinajstić information content (AvgIpc) is 2.45. The Hall–Kier alpha value is -1.42. The molecule has 110 valence electrons. The van der Waals surface area contributed by atoms with Crippen molar-refractivity contribution in [1.82, 2.24) is 5.32 Å². The van der Waals surface area contributed by atoms with Crippen LogP contribution >= 0.6 is 0 Å². The lowest BCUT2D eigenvalue weighted by molar-refractivity contribution is 0.128. The lowest BCUT2D eigenvalue weighted by Gasteiger charge is -2.13. The van der Waals surface area contributed by atoms with Crippen LogP contribution in [0.25, 0.3) is 0 Å². The number of nitrogens with one attached hydrogen (secondary N) is 1. The van der Waals surface area contributed by atoms with E-state index in [1.807, 2.05) is 19.9 Å². The molecule has 0 saturated carbocycles. The molecule has 20 heavy (non-hydrogen) atoms. The number of ether oxygens (including phenoxy) is 1. The van der Waals surface area contributed by atoms with E-state index in [4.69, 9.17) is 10.00 Å². The minimum Gasteiger partial charge on any atom is -0.380 e. The molecule has 0 aliphatic heterocycles. The zero-order valence-corrected chi connectivity index (χ0v) is 12.6. The maximum absolute atomic E-state index is 12.1. The summed E-state index contributed by atoms with van der Waals surface area (Å²) in [5, 5.41) is 11.8. The second kappa shape index (κ2) is 8.00. The van der Waals surface area contributed by atoms with Crippen LogP contribution in [0.3, 0.4) is 0 Å². The van der Waals surface area contributed by atoms with E-state index in [0.717, 1.165) is 0 Å². The van der Waals surface area contributed by atoms with Gasteiger partial charge in [0, 0.05) is 19.2 Å². The Morgan fingerprint density at radius 1 is 1.35 bits per heavy atom. The molecule has 0 aliphatic rings. The van der Waals surface area contributed by atoms with Crippen LogP contribution in [-0.4, -0.2) is 40.0 Å². The molecule has 1 aromatic rings. The highest BCUT2D eigenvalue weighted by Gasteiger charge is 2.14. The van der Waals surface area contributed by atoms with E-state index in [1.165, 1.54) is 24.3 Å². The average molecular weight is 296 g/mol. The fraction of sp³-hybridized carbons (Fsp3) is 0.500. The summed E-state index contributed by atoms with van der Waals surface area (Å²) < 4.78 is 29.4. The number of sulfone groups is 1. The number of rotatable bonds is 8. The van der Waals surface area contributed by atoms with Crippen LogP contribution in [0.4, 0.5) is 0 Å². The van der Waals surface area contributed by atoms with Gasteiger partial charge in [-0.3, -0.25) is 0 Å². The number of nitriles is 1. The number of hydrogen-bond acceptors (Lipinski definition) is 5. The van der Waals surface area contributed by atoms with Crippen molar-refractivity contribution in [2.75, 3.05) is 25.5 Å². The second-order valence-corrected chi connectivity index (χ2v) is 6.58. The highest BCUT2D eigenvalue weighted by molar-refractivity contribution is 7.91. The van der Waals surface area contributed by atoms with Gasteiger partial charge in [-0.25, -0.2) is 8.42 Å². The van der Waals surface area contributed by atoms with E-state index >= 15 is 0 Å². The Balaban J connectivity index is 2.51. The van der Waals surface area contributed by atoms with Crippen LogP contribution in [0.2, 0.25) is 0 Å². The fourth-order valence-electron chi connectivity index (χ4n) is 1.65. The zero-order chi connectivity index (χ0) is 15.0. The van der Waals surface area contributed by atoms with E-state index < -0.39 is 9.84 Å². The minimum atomic E-state index is -3.31. The summed E-state index contributed by atoms with van der Waals surface area (Å²) in [6.07, 6.45) is 0. The first-order chi connectivity index (χ1) is 9.49. The highest BCUT2D eigenvalue weighted by Crippen LogP contribution is 2.11. The van der Waals surface area contributed by atoms with E-state index in [-0.39, 0.29) is 16.7 Å². The molecule has 1 aromatic carbocycles. The van der Waals surface area contributed by atoms with Crippen molar-refractivity contribution in [1.29, 1.82) is 5.26 Å². The Morgan fingerprint density at radius 3 is 2.55 bits per heavy atom. The molecule has 0 aliphatic carbocycles. The SMILES string of the molecule is CCOCC(C)NCCS(=O)(=O)c1ccc(C#N)cc1. The molecule has 0 radical (unpaired) electrons. The van der Waals surface area contributed by atoms with E-state index in [0.29, 0.717) is 25.3 Å². The Kier molecular flexibility index (Phi) is 6.65.